The summed E-state index contributed by atoms with van der Waals surface area (Å²) in [5, 5.41) is 2.68. The number of methoxy groups -OCH3 is 1. The lowest BCUT2D eigenvalue weighted by Gasteiger charge is -2.17. The van der Waals surface area contributed by atoms with Gasteiger partial charge in [-0.15, -0.1) is 0 Å². The first-order chi connectivity index (χ1) is 8.54. The van der Waals surface area contributed by atoms with Gasteiger partial charge in [-0.05, 0) is 33.1 Å². The van der Waals surface area contributed by atoms with Gasteiger partial charge in [-0.2, -0.15) is 0 Å². The Bertz CT molecular complexity index is 328. The van der Waals surface area contributed by atoms with Crippen LogP contribution in [0, 0.1) is 0 Å². The number of ether oxygens (including phenoxy) is 2. The summed E-state index contributed by atoms with van der Waals surface area (Å²) in [4.78, 5) is 23.4. The fourth-order valence-corrected chi connectivity index (χ4v) is 1.76. The number of hydrogen-bond acceptors (Lipinski definition) is 4. The fraction of sp³-hybridized carbons (Fsp3) is 0.692. The first kappa shape index (κ1) is 14.7. The Morgan fingerprint density at radius 1 is 1.50 bits per heavy atom. The van der Waals surface area contributed by atoms with Crippen LogP contribution in [0.2, 0.25) is 0 Å². The van der Waals surface area contributed by atoms with E-state index in [1.165, 1.54) is 7.11 Å². The zero-order valence-corrected chi connectivity index (χ0v) is 11.2. The van der Waals surface area contributed by atoms with E-state index < -0.39 is 18.1 Å². The molecule has 1 saturated heterocycles. The standard InChI is InChI=1S/C13H21NO4/c1-9(2)6-7-10(13(16)17-3)14-12(15)11-5-4-8-18-11/h6,10-11H,4-5,7-8H2,1-3H3,(H,14,15)/t10-,11+/m1/s1. The van der Waals surface area contributed by atoms with Gasteiger partial charge in [-0.3, -0.25) is 4.79 Å². The number of carbonyl (C=O) groups excluding carboxylic acids is 2. The average Bonchev–Trinajstić information content (AvgIpc) is 2.86. The van der Waals surface area contributed by atoms with E-state index in [-0.39, 0.29) is 5.91 Å². The lowest BCUT2D eigenvalue weighted by molar-refractivity contribution is -0.146. The SMILES string of the molecule is COC(=O)[C@@H](CC=C(C)C)NC(=O)[C@@H]1CCCO1. The van der Waals surface area contributed by atoms with Crippen LogP contribution in [0.4, 0.5) is 0 Å². The molecule has 1 N–H and O–H groups in total. The second-order valence-electron chi connectivity index (χ2n) is 4.60. The molecule has 102 valence electrons. The number of amides is 1. The zero-order chi connectivity index (χ0) is 13.5. The Kier molecular flexibility index (Phi) is 5.85. The van der Waals surface area contributed by atoms with Gasteiger partial charge in [-0.25, -0.2) is 4.79 Å². The molecule has 1 rings (SSSR count). The summed E-state index contributed by atoms with van der Waals surface area (Å²) < 4.78 is 9.96. The smallest absolute Gasteiger partial charge is 0.328 e. The average molecular weight is 255 g/mol. The number of esters is 1. The highest BCUT2D eigenvalue weighted by Gasteiger charge is 2.28. The van der Waals surface area contributed by atoms with Crippen molar-refractivity contribution in [3.05, 3.63) is 11.6 Å². The second-order valence-corrected chi connectivity index (χ2v) is 4.60. The van der Waals surface area contributed by atoms with E-state index in [9.17, 15) is 9.59 Å². The maximum Gasteiger partial charge on any atom is 0.328 e. The third kappa shape index (κ3) is 4.49. The quantitative estimate of drug-likeness (QED) is 0.592. The molecule has 1 aliphatic rings. The lowest BCUT2D eigenvalue weighted by atomic mass is 10.1. The third-order valence-corrected chi connectivity index (χ3v) is 2.79. The van der Waals surface area contributed by atoms with Crippen molar-refractivity contribution in [1.29, 1.82) is 0 Å². The highest BCUT2D eigenvalue weighted by Crippen LogP contribution is 2.12. The third-order valence-electron chi connectivity index (χ3n) is 2.79. The number of carbonyl (C=O) groups is 2. The monoisotopic (exact) mass is 255 g/mol. The molecule has 5 heteroatoms. The molecule has 0 aromatic rings. The summed E-state index contributed by atoms with van der Waals surface area (Å²) in [5.74, 6) is -0.663. The summed E-state index contributed by atoms with van der Waals surface area (Å²) in [6.45, 7) is 4.49. The molecule has 1 heterocycles. The zero-order valence-electron chi connectivity index (χ0n) is 11.2. The van der Waals surface area contributed by atoms with E-state index in [2.05, 4.69) is 10.1 Å². The molecule has 0 saturated carbocycles. The number of allylic oxidation sites excluding steroid dienone is 1. The van der Waals surface area contributed by atoms with Gasteiger partial charge in [0.25, 0.3) is 0 Å². The summed E-state index contributed by atoms with van der Waals surface area (Å²) in [6.07, 6.45) is 3.51. The van der Waals surface area contributed by atoms with E-state index in [4.69, 9.17) is 4.74 Å². The predicted octanol–water partition coefficient (Wildman–Crippen LogP) is 1.18. The molecule has 0 aromatic heterocycles. The van der Waals surface area contributed by atoms with Gasteiger partial charge >= 0.3 is 5.97 Å². The molecule has 0 unspecified atom stereocenters. The minimum Gasteiger partial charge on any atom is -0.467 e. The van der Waals surface area contributed by atoms with Crippen molar-refractivity contribution >= 4 is 11.9 Å². The van der Waals surface area contributed by atoms with E-state index in [1.54, 1.807) is 0 Å². The first-order valence-electron chi connectivity index (χ1n) is 6.17. The highest BCUT2D eigenvalue weighted by molar-refractivity contribution is 5.87. The van der Waals surface area contributed by atoms with Crippen LogP contribution < -0.4 is 5.32 Å². The Balaban J connectivity index is 2.56. The Morgan fingerprint density at radius 2 is 2.22 bits per heavy atom. The second kappa shape index (κ2) is 7.16. The van der Waals surface area contributed by atoms with E-state index >= 15 is 0 Å². The molecule has 0 spiro atoms. The van der Waals surface area contributed by atoms with Crippen molar-refractivity contribution in [2.24, 2.45) is 0 Å². The van der Waals surface area contributed by atoms with Crippen molar-refractivity contribution < 1.29 is 19.1 Å². The fourth-order valence-electron chi connectivity index (χ4n) is 1.76. The first-order valence-corrected chi connectivity index (χ1v) is 6.17. The maximum atomic E-state index is 11.9. The summed E-state index contributed by atoms with van der Waals surface area (Å²) in [5.41, 5.74) is 1.09. The number of rotatable bonds is 5. The van der Waals surface area contributed by atoms with Crippen molar-refractivity contribution in [1.82, 2.24) is 5.32 Å². The topological polar surface area (TPSA) is 64.6 Å². The van der Waals surface area contributed by atoms with Gasteiger partial charge in [0.1, 0.15) is 12.1 Å². The van der Waals surface area contributed by atoms with Crippen LogP contribution in [0.1, 0.15) is 33.1 Å². The van der Waals surface area contributed by atoms with Crippen LogP contribution in [0.25, 0.3) is 0 Å². The van der Waals surface area contributed by atoms with Crippen LogP contribution in [0.3, 0.4) is 0 Å². The molecular formula is C13H21NO4. The van der Waals surface area contributed by atoms with Crippen LogP contribution in [-0.4, -0.2) is 37.7 Å². The van der Waals surface area contributed by atoms with Crippen LogP contribution >= 0.6 is 0 Å². The van der Waals surface area contributed by atoms with Crippen molar-refractivity contribution in [3.8, 4) is 0 Å². The Morgan fingerprint density at radius 3 is 2.72 bits per heavy atom. The number of nitrogens with one attached hydrogen (secondary N) is 1. The normalized spacial score (nSPS) is 20.1. The minimum absolute atomic E-state index is 0.231. The summed E-state index contributed by atoms with van der Waals surface area (Å²) in [6, 6.07) is -0.637. The molecule has 1 fully saturated rings. The van der Waals surface area contributed by atoms with Gasteiger partial charge in [0.05, 0.1) is 7.11 Å². The van der Waals surface area contributed by atoms with Crippen LogP contribution in [0.5, 0.6) is 0 Å². The van der Waals surface area contributed by atoms with Gasteiger partial charge in [0.2, 0.25) is 5.91 Å². The molecule has 0 aromatic carbocycles. The highest BCUT2D eigenvalue weighted by atomic mass is 16.5. The Hall–Kier alpha value is -1.36. The molecule has 0 bridgehead atoms. The van der Waals surface area contributed by atoms with E-state index in [0.29, 0.717) is 19.4 Å². The molecule has 0 aliphatic carbocycles. The minimum atomic E-state index is -0.637. The van der Waals surface area contributed by atoms with Gasteiger partial charge in [-0.1, -0.05) is 11.6 Å². The molecule has 5 nitrogen and oxygen atoms in total. The molecule has 1 amide bonds. The van der Waals surface area contributed by atoms with Gasteiger partial charge in [0.15, 0.2) is 0 Å². The van der Waals surface area contributed by atoms with Gasteiger partial charge < -0.3 is 14.8 Å². The van der Waals surface area contributed by atoms with Crippen molar-refractivity contribution in [3.63, 3.8) is 0 Å². The summed E-state index contributed by atoms with van der Waals surface area (Å²) in [7, 11) is 1.32. The van der Waals surface area contributed by atoms with Gasteiger partial charge in [0, 0.05) is 6.61 Å². The Labute approximate surface area is 108 Å². The van der Waals surface area contributed by atoms with E-state index in [1.807, 2.05) is 19.9 Å². The van der Waals surface area contributed by atoms with E-state index in [0.717, 1.165) is 12.0 Å². The molecule has 1 aliphatic heterocycles. The predicted molar refractivity (Wildman–Crippen MR) is 67.0 cm³/mol. The summed E-state index contributed by atoms with van der Waals surface area (Å²) >= 11 is 0. The molecule has 2 atom stereocenters. The van der Waals surface area contributed by atoms with Crippen molar-refractivity contribution in [2.75, 3.05) is 13.7 Å². The van der Waals surface area contributed by atoms with Crippen molar-refractivity contribution in [2.45, 2.75) is 45.3 Å². The van der Waals surface area contributed by atoms with Crippen LogP contribution in [0.15, 0.2) is 11.6 Å². The largest absolute Gasteiger partial charge is 0.467 e. The number of hydrogen-bond donors (Lipinski definition) is 1. The maximum absolute atomic E-state index is 11.9. The molecule has 0 radical (unpaired) electrons. The molecular weight excluding hydrogens is 234 g/mol. The lowest BCUT2D eigenvalue weighted by Crippen LogP contribution is -2.45. The van der Waals surface area contributed by atoms with Crippen LogP contribution in [-0.2, 0) is 19.1 Å². The molecule has 18 heavy (non-hydrogen) atoms.